The third kappa shape index (κ3) is 1.41. The molecule has 0 bridgehead atoms. The summed E-state index contributed by atoms with van der Waals surface area (Å²) in [5.41, 5.74) is 7.59. The Bertz CT molecular complexity index is 508. The van der Waals surface area contributed by atoms with Gasteiger partial charge in [-0.05, 0) is 23.8 Å². The average molecular weight is 212 g/mol. The molecule has 2 N–H and O–H groups in total. The highest BCUT2D eigenvalue weighted by molar-refractivity contribution is 5.85. The van der Waals surface area contributed by atoms with Crippen molar-refractivity contribution < 1.29 is 0 Å². The van der Waals surface area contributed by atoms with Crippen molar-refractivity contribution in [3.8, 4) is 0 Å². The van der Waals surface area contributed by atoms with Crippen molar-refractivity contribution >= 4 is 10.8 Å². The number of aromatic nitrogens is 1. The summed E-state index contributed by atoms with van der Waals surface area (Å²) in [7, 11) is 0. The quantitative estimate of drug-likeness (QED) is 0.789. The fourth-order valence-electron chi connectivity index (χ4n) is 2.79. The van der Waals surface area contributed by atoms with E-state index in [-0.39, 0.29) is 5.54 Å². The number of hydrogen-bond donors (Lipinski definition) is 1. The topological polar surface area (TPSA) is 38.9 Å². The maximum atomic E-state index is 6.51. The minimum Gasteiger partial charge on any atom is -0.321 e. The van der Waals surface area contributed by atoms with Gasteiger partial charge in [0, 0.05) is 23.3 Å². The molecule has 0 aliphatic heterocycles. The lowest BCUT2D eigenvalue weighted by Gasteiger charge is -2.25. The zero-order chi connectivity index (χ0) is 11.0. The normalized spacial score (nSPS) is 19.1. The second-order valence-corrected chi connectivity index (χ2v) is 4.77. The highest BCUT2D eigenvalue weighted by atomic mass is 14.8. The minimum atomic E-state index is -0.145. The first-order valence-electron chi connectivity index (χ1n) is 5.92. The molecule has 1 heterocycles. The molecular formula is C14H16N2. The molecule has 1 aliphatic rings. The van der Waals surface area contributed by atoms with E-state index in [0.717, 1.165) is 12.8 Å². The molecule has 1 aromatic heterocycles. The predicted molar refractivity (Wildman–Crippen MR) is 66.1 cm³/mol. The van der Waals surface area contributed by atoms with E-state index in [1.165, 1.54) is 29.2 Å². The molecule has 0 saturated heterocycles. The first kappa shape index (κ1) is 9.79. The van der Waals surface area contributed by atoms with E-state index >= 15 is 0 Å². The molecule has 1 fully saturated rings. The van der Waals surface area contributed by atoms with Gasteiger partial charge >= 0.3 is 0 Å². The molecule has 2 heteroatoms. The Labute approximate surface area is 95.5 Å². The van der Waals surface area contributed by atoms with Crippen LogP contribution in [0.1, 0.15) is 31.2 Å². The lowest BCUT2D eigenvalue weighted by molar-refractivity contribution is 0.464. The monoisotopic (exact) mass is 212 g/mol. The smallest absolute Gasteiger partial charge is 0.0431 e. The van der Waals surface area contributed by atoms with Crippen molar-refractivity contribution in [3.05, 3.63) is 42.2 Å². The first-order valence-corrected chi connectivity index (χ1v) is 5.92. The molecular weight excluding hydrogens is 196 g/mol. The van der Waals surface area contributed by atoms with Crippen molar-refractivity contribution in [3.63, 3.8) is 0 Å². The van der Waals surface area contributed by atoms with Crippen molar-refractivity contribution in [2.45, 2.75) is 31.2 Å². The summed E-state index contributed by atoms with van der Waals surface area (Å²) in [6.45, 7) is 0. The summed E-state index contributed by atoms with van der Waals surface area (Å²) in [6.07, 6.45) is 8.51. The van der Waals surface area contributed by atoms with Gasteiger partial charge in [-0.2, -0.15) is 0 Å². The van der Waals surface area contributed by atoms with Gasteiger partial charge in [0.1, 0.15) is 0 Å². The second-order valence-electron chi connectivity index (χ2n) is 4.77. The molecule has 3 rings (SSSR count). The Kier molecular flexibility index (Phi) is 2.18. The number of rotatable bonds is 1. The van der Waals surface area contributed by atoms with Gasteiger partial charge in [0.25, 0.3) is 0 Å². The van der Waals surface area contributed by atoms with E-state index in [2.05, 4.69) is 23.2 Å². The van der Waals surface area contributed by atoms with Crippen molar-refractivity contribution in [2.24, 2.45) is 5.73 Å². The molecule has 0 radical (unpaired) electrons. The van der Waals surface area contributed by atoms with Gasteiger partial charge in [0.15, 0.2) is 0 Å². The highest BCUT2D eigenvalue weighted by Crippen LogP contribution is 2.38. The molecule has 0 unspecified atom stereocenters. The van der Waals surface area contributed by atoms with Gasteiger partial charge in [-0.15, -0.1) is 0 Å². The van der Waals surface area contributed by atoms with E-state index in [4.69, 9.17) is 5.73 Å². The van der Waals surface area contributed by atoms with Crippen LogP contribution in [0.3, 0.4) is 0 Å². The molecule has 16 heavy (non-hydrogen) atoms. The SMILES string of the molecule is NC1(c2cncc3ccccc23)CCCC1. The Morgan fingerprint density at radius 1 is 1.06 bits per heavy atom. The first-order chi connectivity index (χ1) is 7.80. The lowest BCUT2D eigenvalue weighted by Crippen LogP contribution is -2.33. The lowest BCUT2D eigenvalue weighted by atomic mass is 9.87. The molecule has 1 aliphatic carbocycles. The van der Waals surface area contributed by atoms with Gasteiger partial charge in [-0.1, -0.05) is 37.1 Å². The summed E-state index contributed by atoms with van der Waals surface area (Å²) >= 11 is 0. The number of hydrogen-bond acceptors (Lipinski definition) is 2. The van der Waals surface area contributed by atoms with Crippen LogP contribution in [0.4, 0.5) is 0 Å². The van der Waals surface area contributed by atoms with Crippen LogP contribution in [-0.2, 0) is 5.54 Å². The van der Waals surface area contributed by atoms with Crippen LogP contribution in [-0.4, -0.2) is 4.98 Å². The van der Waals surface area contributed by atoms with Crippen LogP contribution in [0, 0.1) is 0 Å². The summed E-state index contributed by atoms with van der Waals surface area (Å²) in [6, 6.07) is 8.37. The van der Waals surface area contributed by atoms with Gasteiger partial charge in [0.05, 0.1) is 0 Å². The molecule has 1 aromatic carbocycles. The molecule has 0 atom stereocenters. The summed E-state index contributed by atoms with van der Waals surface area (Å²) in [5.74, 6) is 0. The van der Waals surface area contributed by atoms with E-state index in [0.29, 0.717) is 0 Å². The van der Waals surface area contributed by atoms with Crippen molar-refractivity contribution in [1.29, 1.82) is 0 Å². The number of fused-ring (bicyclic) bond motifs is 1. The van der Waals surface area contributed by atoms with Crippen molar-refractivity contribution in [2.75, 3.05) is 0 Å². The zero-order valence-corrected chi connectivity index (χ0v) is 9.32. The van der Waals surface area contributed by atoms with Crippen LogP contribution in [0.2, 0.25) is 0 Å². The largest absolute Gasteiger partial charge is 0.321 e. The van der Waals surface area contributed by atoms with Crippen LogP contribution < -0.4 is 5.73 Å². The zero-order valence-electron chi connectivity index (χ0n) is 9.32. The summed E-state index contributed by atoms with van der Waals surface area (Å²) < 4.78 is 0. The Morgan fingerprint density at radius 3 is 2.62 bits per heavy atom. The third-order valence-electron chi connectivity index (χ3n) is 3.70. The minimum absolute atomic E-state index is 0.145. The molecule has 2 nitrogen and oxygen atoms in total. The Morgan fingerprint density at radius 2 is 1.81 bits per heavy atom. The predicted octanol–water partition coefficient (Wildman–Crippen LogP) is 2.96. The standard InChI is InChI=1S/C14H16N2/c15-14(7-3-4-8-14)13-10-16-9-11-5-1-2-6-12(11)13/h1-2,5-6,9-10H,3-4,7-8,15H2. The van der Waals surface area contributed by atoms with Crippen LogP contribution >= 0.6 is 0 Å². The van der Waals surface area contributed by atoms with E-state index in [1.807, 2.05) is 18.5 Å². The van der Waals surface area contributed by atoms with Gasteiger partial charge in [-0.25, -0.2) is 0 Å². The van der Waals surface area contributed by atoms with E-state index in [9.17, 15) is 0 Å². The van der Waals surface area contributed by atoms with Crippen LogP contribution in [0.5, 0.6) is 0 Å². The summed E-state index contributed by atoms with van der Waals surface area (Å²) in [4.78, 5) is 4.32. The average Bonchev–Trinajstić information content (AvgIpc) is 2.77. The number of nitrogens with zero attached hydrogens (tertiary/aromatic N) is 1. The molecule has 0 amide bonds. The fourth-order valence-corrected chi connectivity index (χ4v) is 2.79. The van der Waals surface area contributed by atoms with Crippen LogP contribution in [0.25, 0.3) is 10.8 Å². The maximum absolute atomic E-state index is 6.51. The molecule has 1 saturated carbocycles. The molecule has 0 spiro atoms. The van der Waals surface area contributed by atoms with Crippen molar-refractivity contribution in [1.82, 2.24) is 4.98 Å². The van der Waals surface area contributed by atoms with E-state index in [1.54, 1.807) is 0 Å². The number of nitrogens with two attached hydrogens (primary N) is 1. The Hall–Kier alpha value is -1.41. The molecule has 82 valence electrons. The van der Waals surface area contributed by atoms with E-state index < -0.39 is 0 Å². The third-order valence-corrected chi connectivity index (χ3v) is 3.70. The van der Waals surface area contributed by atoms with Gasteiger partial charge in [0.2, 0.25) is 0 Å². The van der Waals surface area contributed by atoms with Gasteiger partial charge < -0.3 is 5.73 Å². The Balaban J connectivity index is 2.23. The molecule has 2 aromatic rings. The second kappa shape index (κ2) is 3.56. The van der Waals surface area contributed by atoms with Crippen LogP contribution in [0.15, 0.2) is 36.7 Å². The maximum Gasteiger partial charge on any atom is 0.0431 e. The number of pyridine rings is 1. The summed E-state index contributed by atoms with van der Waals surface area (Å²) in [5, 5.41) is 2.46. The highest BCUT2D eigenvalue weighted by Gasteiger charge is 2.32. The number of benzene rings is 1. The van der Waals surface area contributed by atoms with Gasteiger partial charge in [-0.3, -0.25) is 4.98 Å². The fraction of sp³-hybridized carbons (Fsp3) is 0.357.